The first-order valence-corrected chi connectivity index (χ1v) is 13.0. The highest BCUT2D eigenvalue weighted by molar-refractivity contribution is 5.97. The number of hydrogen-bond acceptors (Lipinski definition) is 3. The van der Waals surface area contributed by atoms with Crippen molar-refractivity contribution in [2.45, 2.75) is 72.6 Å². The van der Waals surface area contributed by atoms with Gasteiger partial charge in [-0.15, -0.1) is 0 Å². The lowest BCUT2D eigenvalue weighted by atomic mass is 9.72. The van der Waals surface area contributed by atoms with E-state index < -0.39 is 5.97 Å². The predicted octanol–water partition coefficient (Wildman–Crippen LogP) is 7.24. The second-order valence-electron chi connectivity index (χ2n) is 9.39. The molecular formula is C31H38N2O3. The van der Waals surface area contributed by atoms with Crippen LogP contribution in [0.15, 0.2) is 54.7 Å². The number of nitrogens with zero attached hydrogens (tertiary/aromatic N) is 1. The van der Waals surface area contributed by atoms with E-state index >= 15 is 0 Å². The Hall–Kier alpha value is -3.47. The van der Waals surface area contributed by atoms with Gasteiger partial charge in [0.05, 0.1) is 5.92 Å². The molecule has 5 nitrogen and oxygen atoms in total. The lowest BCUT2D eigenvalue weighted by Gasteiger charge is -2.33. The van der Waals surface area contributed by atoms with Crippen LogP contribution in [-0.4, -0.2) is 22.0 Å². The van der Waals surface area contributed by atoms with Crippen molar-refractivity contribution in [3.05, 3.63) is 82.7 Å². The van der Waals surface area contributed by atoms with Crippen molar-refractivity contribution in [3.8, 4) is 11.1 Å². The molecule has 1 atom stereocenters. The van der Waals surface area contributed by atoms with Crippen LogP contribution in [0.25, 0.3) is 11.1 Å². The molecule has 1 amide bonds. The Morgan fingerprint density at radius 3 is 2.31 bits per heavy atom. The molecule has 1 aromatic heterocycles. The van der Waals surface area contributed by atoms with Gasteiger partial charge in [0, 0.05) is 29.6 Å². The zero-order valence-corrected chi connectivity index (χ0v) is 22.1. The highest BCUT2D eigenvalue weighted by Gasteiger charge is 2.34. The van der Waals surface area contributed by atoms with Crippen molar-refractivity contribution in [2.75, 3.05) is 5.32 Å². The highest BCUT2D eigenvalue weighted by Crippen LogP contribution is 2.40. The normalized spacial score (nSPS) is 13.7. The molecule has 4 rings (SSSR count). The van der Waals surface area contributed by atoms with Gasteiger partial charge in [-0.25, -0.2) is 0 Å². The summed E-state index contributed by atoms with van der Waals surface area (Å²) in [4.78, 5) is 29.0. The maximum absolute atomic E-state index is 13.5. The summed E-state index contributed by atoms with van der Waals surface area (Å²) in [5, 5.41) is 12.2. The SMILES string of the molecule is CC.Cc1cc(-c2ccc(C(C(=O)Nc3cccc(CCC(=O)O)c3C)C3CCC3)cc2)cnc1C. The van der Waals surface area contributed by atoms with Crippen molar-refractivity contribution in [1.29, 1.82) is 0 Å². The van der Waals surface area contributed by atoms with E-state index in [1.54, 1.807) is 0 Å². The Balaban J connectivity index is 0.00000176. The number of pyridine rings is 1. The van der Waals surface area contributed by atoms with Crippen LogP contribution in [0.3, 0.4) is 0 Å². The lowest BCUT2D eigenvalue weighted by Crippen LogP contribution is -2.31. The molecule has 190 valence electrons. The number of aliphatic carboxylic acids is 1. The van der Waals surface area contributed by atoms with Crippen LogP contribution < -0.4 is 5.32 Å². The van der Waals surface area contributed by atoms with Gasteiger partial charge in [-0.3, -0.25) is 14.6 Å². The summed E-state index contributed by atoms with van der Waals surface area (Å²) < 4.78 is 0. The molecule has 1 saturated carbocycles. The van der Waals surface area contributed by atoms with E-state index in [0.717, 1.165) is 64.0 Å². The largest absolute Gasteiger partial charge is 0.481 e. The number of amides is 1. The third kappa shape index (κ3) is 6.39. The standard InChI is InChI=1S/C29H32N2O3.C2H6/c1-18-16-25(17-30-20(18)3)22-10-12-24(13-11-22)28(23-7-4-8-23)29(34)31-26-9-5-6-21(19(26)2)14-15-27(32)33;1-2/h5-6,9-13,16-17,23,28H,4,7-8,14-15H2,1-3H3,(H,31,34)(H,32,33);1-2H3. The van der Waals surface area contributed by atoms with Gasteiger partial charge >= 0.3 is 5.97 Å². The van der Waals surface area contributed by atoms with Gasteiger partial charge in [0.25, 0.3) is 0 Å². The van der Waals surface area contributed by atoms with E-state index in [1.807, 2.05) is 52.1 Å². The quantitative estimate of drug-likeness (QED) is 0.352. The Morgan fingerprint density at radius 1 is 1.03 bits per heavy atom. The highest BCUT2D eigenvalue weighted by atomic mass is 16.4. The second-order valence-corrected chi connectivity index (χ2v) is 9.39. The molecular weight excluding hydrogens is 448 g/mol. The van der Waals surface area contributed by atoms with Crippen molar-refractivity contribution in [1.82, 2.24) is 4.98 Å². The summed E-state index contributed by atoms with van der Waals surface area (Å²) in [6.45, 7) is 10.0. The molecule has 1 fully saturated rings. The fourth-order valence-electron chi connectivity index (χ4n) is 4.64. The summed E-state index contributed by atoms with van der Waals surface area (Å²) in [6, 6.07) is 16.2. The number of aromatic nitrogens is 1. The van der Waals surface area contributed by atoms with Crippen molar-refractivity contribution < 1.29 is 14.7 Å². The van der Waals surface area contributed by atoms with Gasteiger partial charge in [-0.05, 0) is 85.9 Å². The number of aryl methyl sites for hydroxylation is 3. The van der Waals surface area contributed by atoms with Crippen molar-refractivity contribution in [3.63, 3.8) is 0 Å². The Labute approximate surface area is 215 Å². The Bertz CT molecular complexity index is 1200. The van der Waals surface area contributed by atoms with Gasteiger partial charge < -0.3 is 10.4 Å². The molecule has 1 aliphatic rings. The van der Waals surface area contributed by atoms with E-state index in [-0.39, 0.29) is 18.2 Å². The van der Waals surface area contributed by atoms with E-state index in [9.17, 15) is 9.59 Å². The number of carbonyl (C=O) groups excluding carboxylic acids is 1. The van der Waals surface area contributed by atoms with Crippen molar-refractivity contribution >= 4 is 17.6 Å². The number of benzene rings is 2. The van der Waals surface area contributed by atoms with Gasteiger partial charge in [0.15, 0.2) is 0 Å². The topological polar surface area (TPSA) is 79.3 Å². The average Bonchev–Trinajstić information content (AvgIpc) is 2.85. The number of carbonyl (C=O) groups is 2. The fourth-order valence-corrected chi connectivity index (χ4v) is 4.64. The third-order valence-corrected chi connectivity index (χ3v) is 7.16. The van der Waals surface area contributed by atoms with Crippen LogP contribution >= 0.6 is 0 Å². The molecule has 0 radical (unpaired) electrons. The van der Waals surface area contributed by atoms with Crippen LogP contribution in [0.4, 0.5) is 5.69 Å². The molecule has 5 heteroatoms. The molecule has 0 bridgehead atoms. The number of carboxylic acid groups (broad SMARTS) is 1. The zero-order chi connectivity index (χ0) is 26.2. The lowest BCUT2D eigenvalue weighted by molar-refractivity contribution is -0.137. The van der Waals surface area contributed by atoms with Crippen LogP contribution in [0.1, 0.15) is 73.4 Å². The van der Waals surface area contributed by atoms with Gasteiger partial charge in [-0.1, -0.05) is 56.7 Å². The maximum atomic E-state index is 13.5. The van der Waals surface area contributed by atoms with Crippen LogP contribution in [-0.2, 0) is 16.0 Å². The molecule has 1 aliphatic carbocycles. The molecule has 0 spiro atoms. The van der Waals surface area contributed by atoms with E-state index in [2.05, 4.69) is 47.6 Å². The first-order valence-electron chi connectivity index (χ1n) is 13.0. The molecule has 2 N–H and O–H groups in total. The summed E-state index contributed by atoms with van der Waals surface area (Å²) in [5.74, 6) is -0.685. The van der Waals surface area contributed by atoms with E-state index in [1.165, 1.54) is 0 Å². The van der Waals surface area contributed by atoms with Gasteiger partial charge in [-0.2, -0.15) is 0 Å². The minimum Gasteiger partial charge on any atom is -0.481 e. The number of anilines is 1. The minimum atomic E-state index is -0.820. The number of nitrogens with one attached hydrogen (secondary N) is 1. The molecule has 0 aliphatic heterocycles. The fraction of sp³-hybridized carbons (Fsp3) is 0.387. The minimum absolute atomic E-state index is 0.00350. The maximum Gasteiger partial charge on any atom is 0.303 e. The second kappa shape index (κ2) is 12.5. The van der Waals surface area contributed by atoms with Crippen LogP contribution in [0, 0.1) is 26.7 Å². The first kappa shape index (κ1) is 27.1. The smallest absolute Gasteiger partial charge is 0.303 e. The zero-order valence-electron chi connectivity index (χ0n) is 22.1. The molecule has 1 heterocycles. The summed E-state index contributed by atoms with van der Waals surface area (Å²) in [7, 11) is 0. The van der Waals surface area contributed by atoms with Crippen LogP contribution in [0.2, 0.25) is 0 Å². The number of hydrogen-bond donors (Lipinski definition) is 2. The molecule has 3 aromatic rings. The van der Waals surface area contributed by atoms with Gasteiger partial charge in [0.1, 0.15) is 0 Å². The number of carboxylic acids is 1. The monoisotopic (exact) mass is 486 g/mol. The molecule has 2 aromatic carbocycles. The first-order chi connectivity index (χ1) is 17.3. The van der Waals surface area contributed by atoms with E-state index in [0.29, 0.717) is 12.3 Å². The van der Waals surface area contributed by atoms with E-state index in [4.69, 9.17) is 5.11 Å². The number of rotatable bonds is 8. The van der Waals surface area contributed by atoms with Gasteiger partial charge in [0.2, 0.25) is 5.91 Å². The molecule has 0 saturated heterocycles. The summed E-state index contributed by atoms with van der Waals surface area (Å²) in [6.07, 6.45) is 5.69. The Kier molecular flexibility index (Phi) is 9.40. The van der Waals surface area contributed by atoms with Crippen molar-refractivity contribution in [2.24, 2.45) is 5.92 Å². The summed E-state index contributed by atoms with van der Waals surface area (Å²) in [5.41, 5.74) is 8.03. The molecule has 1 unspecified atom stereocenters. The average molecular weight is 487 g/mol. The summed E-state index contributed by atoms with van der Waals surface area (Å²) >= 11 is 0. The Morgan fingerprint density at radius 2 is 1.72 bits per heavy atom. The third-order valence-electron chi connectivity index (χ3n) is 7.16. The van der Waals surface area contributed by atoms with Crippen LogP contribution in [0.5, 0.6) is 0 Å². The molecule has 36 heavy (non-hydrogen) atoms. The predicted molar refractivity (Wildman–Crippen MR) is 146 cm³/mol.